The van der Waals surface area contributed by atoms with E-state index >= 15 is 0 Å². The standard InChI is InChI=1S/C12H17N7O/c1-2-20-12-16-10(18-13)15-11(17-12)19-7-14-8-5-3-4-6-9(8)19/h7H,2-6,13H2,1H3,(H,15,16,17,18). The number of imidazole rings is 1. The fourth-order valence-electron chi connectivity index (χ4n) is 2.35. The van der Waals surface area contributed by atoms with Crippen molar-refractivity contribution >= 4 is 5.95 Å². The van der Waals surface area contributed by atoms with Gasteiger partial charge in [0.05, 0.1) is 12.3 Å². The lowest BCUT2D eigenvalue weighted by Crippen LogP contribution is -2.16. The van der Waals surface area contributed by atoms with Crippen LogP contribution in [0.3, 0.4) is 0 Å². The monoisotopic (exact) mass is 275 g/mol. The molecule has 1 aliphatic rings. The average Bonchev–Trinajstić information content (AvgIpc) is 2.91. The van der Waals surface area contributed by atoms with E-state index in [-0.39, 0.29) is 12.0 Å². The smallest absolute Gasteiger partial charge is 0.323 e. The molecule has 2 aromatic heterocycles. The van der Waals surface area contributed by atoms with E-state index in [1.165, 1.54) is 6.42 Å². The lowest BCUT2D eigenvalue weighted by molar-refractivity contribution is 0.311. The van der Waals surface area contributed by atoms with E-state index in [0.717, 1.165) is 30.7 Å². The first-order valence-corrected chi connectivity index (χ1v) is 6.72. The van der Waals surface area contributed by atoms with E-state index in [2.05, 4.69) is 25.4 Å². The van der Waals surface area contributed by atoms with Gasteiger partial charge in [0.2, 0.25) is 11.9 Å². The van der Waals surface area contributed by atoms with Gasteiger partial charge in [-0.2, -0.15) is 15.0 Å². The molecule has 2 aromatic rings. The van der Waals surface area contributed by atoms with Gasteiger partial charge in [0.15, 0.2) is 0 Å². The number of ether oxygens (including phenoxy) is 1. The Morgan fingerprint density at radius 1 is 1.30 bits per heavy atom. The molecule has 0 fully saturated rings. The molecule has 20 heavy (non-hydrogen) atoms. The minimum atomic E-state index is 0.253. The van der Waals surface area contributed by atoms with E-state index in [0.29, 0.717) is 12.6 Å². The normalized spacial score (nSPS) is 13.9. The van der Waals surface area contributed by atoms with Crippen molar-refractivity contribution in [2.24, 2.45) is 5.84 Å². The number of nitrogens with one attached hydrogen (secondary N) is 1. The number of rotatable bonds is 4. The van der Waals surface area contributed by atoms with E-state index in [9.17, 15) is 0 Å². The zero-order valence-corrected chi connectivity index (χ0v) is 11.3. The highest BCUT2D eigenvalue weighted by molar-refractivity contribution is 5.32. The molecule has 0 spiro atoms. The third-order valence-corrected chi connectivity index (χ3v) is 3.25. The van der Waals surface area contributed by atoms with Crippen LogP contribution >= 0.6 is 0 Å². The number of hydrogen-bond donors (Lipinski definition) is 2. The molecule has 0 radical (unpaired) electrons. The molecule has 0 amide bonds. The predicted octanol–water partition coefficient (Wildman–Crippen LogP) is 0.620. The molecule has 0 saturated carbocycles. The molecule has 0 bridgehead atoms. The molecule has 0 aromatic carbocycles. The van der Waals surface area contributed by atoms with Gasteiger partial charge in [-0.25, -0.2) is 10.8 Å². The number of nitrogen functional groups attached to an aromatic ring is 1. The summed E-state index contributed by atoms with van der Waals surface area (Å²) in [5.74, 6) is 6.15. The van der Waals surface area contributed by atoms with Gasteiger partial charge < -0.3 is 4.74 Å². The largest absolute Gasteiger partial charge is 0.464 e. The zero-order chi connectivity index (χ0) is 13.9. The SMILES string of the molecule is CCOc1nc(NN)nc(-n2cnc3c2CCCC3)n1. The van der Waals surface area contributed by atoms with Crippen molar-refractivity contribution in [1.82, 2.24) is 24.5 Å². The summed E-state index contributed by atoms with van der Waals surface area (Å²) >= 11 is 0. The third kappa shape index (κ3) is 2.29. The van der Waals surface area contributed by atoms with Crippen LogP contribution in [0.25, 0.3) is 5.95 Å². The second-order valence-electron chi connectivity index (χ2n) is 4.53. The maximum absolute atomic E-state index is 5.39. The minimum Gasteiger partial charge on any atom is -0.464 e. The Bertz CT molecular complexity index is 610. The second kappa shape index (κ2) is 5.41. The Labute approximate surface area is 116 Å². The summed E-state index contributed by atoms with van der Waals surface area (Å²) in [4.78, 5) is 17.1. The number of anilines is 1. The van der Waals surface area contributed by atoms with Gasteiger partial charge in [0, 0.05) is 5.69 Å². The Kier molecular flexibility index (Phi) is 3.46. The third-order valence-electron chi connectivity index (χ3n) is 3.25. The van der Waals surface area contributed by atoms with Gasteiger partial charge in [0.1, 0.15) is 6.33 Å². The molecule has 0 saturated heterocycles. The predicted molar refractivity (Wildman–Crippen MR) is 72.6 cm³/mol. The topological polar surface area (TPSA) is 104 Å². The summed E-state index contributed by atoms with van der Waals surface area (Å²) in [6, 6.07) is 0.253. The fraction of sp³-hybridized carbons (Fsp3) is 0.500. The molecule has 0 atom stereocenters. The molecule has 8 heteroatoms. The first-order chi connectivity index (χ1) is 9.81. The number of fused-ring (bicyclic) bond motifs is 1. The van der Waals surface area contributed by atoms with E-state index in [1.807, 2.05) is 11.5 Å². The van der Waals surface area contributed by atoms with E-state index in [4.69, 9.17) is 10.6 Å². The summed E-state index contributed by atoms with van der Waals surface area (Å²) < 4.78 is 7.23. The molecule has 2 heterocycles. The van der Waals surface area contributed by atoms with E-state index in [1.54, 1.807) is 6.33 Å². The van der Waals surface area contributed by atoms with Gasteiger partial charge in [-0.05, 0) is 32.6 Å². The highest BCUT2D eigenvalue weighted by atomic mass is 16.5. The Morgan fingerprint density at radius 2 is 2.15 bits per heavy atom. The molecular formula is C12H17N7O. The van der Waals surface area contributed by atoms with E-state index < -0.39 is 0 Å². The summed E-state index contributed by atoms with van der Waals surface area (Å²) in [5, 5.41) is 0. The van der Waals surface area contributed by atoms with Crippen molar-refractivity contribution in [3.05, 3.63) is 17.7 Å². The second-order valence-corrected chi connectivity index (χ2v) is 4.53. The van der Waals surface area contributed by atoms with Crippen LogP contribution in [-0.2, 0) is 12.8 Å². The number of nitrogens with two attached hydrogens (primary N) is 1. The summed E-state index contributed by atoms with van der Waals surface area (Å²) in [6.45, 7) is 2.35. The van der Waals surface area contributed by atoms with Crippen LogP contribution in [0.15, 0.2) is 6.33 Å². The summed E-state index contributed by atoms with van der Waals surface area (Å²) in [5.41, 5.74) is 4.71. The maximum atomic E-state index is 5.39. The minimum absolute atomic E-state index is 0.253. The molecule has 0 aliphatic heterocycles. The van der Waals surface area contributed by atoms with Crippen molar-refractivity contribution in [3.63, 3.8) is 0 Å². The number of hydrazine groups is 1. The van der Waals surface area contributed by atoms with Crippen molar-refractivity contribution < 1.29 is 4.74 Å². The van der Waals surface area contributed by atoms with Crippen LogP contribution in [0.5, 0.6) is 6.01 Å². The Balaban J connectivity index is 2.04. The molecule has 0 unspecified atom stereocenters. The maximum Gasteiger partial charge on any atom is 0.323 e. The molecule has 8 nitrogen and oxygen atoms in total. The number of aromatic nitrogens is 5. The Morgan fingerprint density at radius 3 is 2.95 bits per heavy atom. The molecule has 106 valence electrons. The molecule has 3 N–H and O–H groups in total. The first kappa shape index (κ1) is 12.8. The zero-order valence-electron chi connectivity index (χ0n) is 11.3. The molecule has 1 aliphatic carbocycles. The summed E-state index contributed by atoms with van der Waals surface area (Å²) in [7, 11) is 0. The lowest BCUT2D eigenvalue weighted by atomic mass is 10.0. The van der Waals surface area contributed by atoms with Crippen molar-refractivity contribution in [2.45, 2.75) is 32.6 Å². The van der Waals surface area contributed by atoms with Crippen LogP contribution in [0, 0.1) is 0 Å². The number of nitrogens with zero attached hydrogens (tertiary/aromatic N) is 5. The highest BCUT2D eigenvalue weighted by Gasteiger charge is 2.18. The van der Waals surface area contributed by atoms with Crippen LogP contribution in [0.1, 0.15) is 31.2 Å². The number of hydrogen-bond acceptors (Lipinski definition) is 7. The van der Waals surface area contributed by atoms with Gasteiger partial charge in [-0.15, -0.1) is 0 Å². The van der Waals surface area contributed by atoms with Gasteiger partial charge in [0.25, 0.3) is 0 Å². The quantitative estimate of drug-likeness (QED) is 0.622. The van der Waals surface area contributed by atoms with Crippen LogP contribution in [-0.4, -0.2) is 31.1 Å². The average molecular weight is 275 g/mol. The number of aryl methyl sites for hydroxylation is 1. The van der Waals surface area contributed by atoms with Crippen LogP contribution < -0.4 is 16.0 Å². The van der Waals surface area contributed by atoms with Crippen molar-refractivity contribution in [1.29, 1.82) is 0 Å². The fourth-order valence-corrected chi connectivity index (χ4v) is 2.35. The summed E-state index contributed by atoms with van der Waals surface area (Å²) in [6.07, 6.45) is 6.08. The first-order valence-electron chi connectivity index (χ1n) is 6.72. The van der Waals surface area contributed by atoms with Crippen molar-refractivity contribution in [2.75, 3.05) is 12.0 Å². The van der Waals surface area contributed by atoms with Gasteiger partial charge in [-0.3, -0.25) is 9.99 Å². The highest BCUT2D eigenvalue weighted by Crippen LogP contribution is 2.22. The van der Waals surface area contributed by atoms with Gasteiger partial charge >= 0.3 is 6.01 Å². The molecular weight excluding hydrogens is 258 g/mol. The Hall–Kier alpha value is -2.22. The van der Waals surface area contributed by atoms with Crippen LogP contribution in [0.2, 0.25) is 0 Å². The van der Waals surface area contributed by atoms with Crippen LogP contribution in [0.4, 0.5) is 5.95 Å². The molecule has 3 rings (SSSR count). The van der Waals surface area contributed by atoms with Gasteiger partial charge in [-0.1, -0.05) is 0 Å². The van der Waals surface area contributed by atoms with Crippen molar-refractivity contribution in [3.8, 4) is 12.0 Å². The lowest BCUT2D eigenvalue weighted by Gasteiger charge is -2.13.